The smallest absolute Gasteiger partial charge is 0.405 e. The van der Waals surface area contributed by atoms with Gasteiger partial charge >= 0.3 is 16.3 Å². The molecule has 12 nitrogen and oxygen atoms in total. The minimum atomic E-state index is -4.01. The molecule has 0 aromatic heterocycles. The minimum absolute atomic E-state index is 0.269. The van der Waals surface area contributed by atoms with E-state index in [4.69, 9.17) is 10.5 Å². The van der Waals surface area contributed by atoms with Crippen LogP contribution in [0.2, 0.25) is 0 Å². The summed E-state index contributed by atoms with van der Waals surface area (Å²) < 4.78 is 34.0. The van der Waals surface area contributed by atoms with Gasteiger partial charge < -0.3 is 20.7 Å². The van der Waals surface area contributed by atoms with Crippen molar-refractivity contribution in [3.8, 4) is 0 Å². The van der Waals surface area contributed by atoms with E-state index in [0.717, 1.165) is 32.1 Å². The summed E-state index contributed by atoms with van der Waals surface area (Å²) in [6.07, 6.45) is 7.63. The van der Waals surface area contributed by atoms with Gasteiger partial charge in [-0.05, 0) is 57.8 Å². The molecule has 4 amide bonds. The van der Waals surface area contributed by atoms with Gasteiger partial charge in [0.05, 0.1) is 0 Å². The number of primary amides is 1. The zero-order valence-electron chi connectivity index (χ0n) is 20.3. The van der Waals surface area contributed by atoms with E-state index in [1.54, 1.807) is 0 Å². The number of ether oxygens (including phenoxy) is 1. The highest BCUT2D eigenvalue weighted by Gasteiger charge is 2.61. The molecule has 4 rings (SSSR count). The maximum Gasteiger partial charge on any atom is 0.405 e. The first-order chi connectivity index (χ1) is 17.1. The van der Waals surface area contributed by atoms with Crippen LogP contribution in [0.25, 0.3) is 0 Å². The molecule has 3 heterocycles. The van der Waals surface area contributed by atoms with Gasteiger partial charge in [0.1, 0.15) is 11.6 Å². The molecule has 2 saturated heterocycles. The van der Waals surface area contributed by atoms with Crippen molar-refractivity contribution in [2.75, 3.05) is 19.6 Å². The van der Waals surface area contributed by atoms with E-state index in [0.29, 0.717) is 45.3 Å². The Hall–Kier alpha value is -2.67. The molecule has 0 spiro atoms. The van der Waals surface area contributed by atoms with Gasteiger partial charge in [-0.1, -0.05) is 18.6 Å². The molecule has 200 valence electrons. The van der Waals surface area contributed by atoms with Crippen molar-refractivity contribution in [2.24, 2.45) is 11.7 Å². The summed E-state index contributed by atoms with van der Waals surface area (Å²) >= 11 is 0. The lowest BCUT2D eigenvalue weighted by molar-refractivity contribution is -0.146. The Labute approximate surface area is 211 Å². The average Bonchev–Trinajstić information content (AvgIpc) is 3.21. The lowest BCUT2D eigenvalue weighted by Crippen LogP contribution is -2.58. The minimum Gasteiger partial charge on any atom is -0.436 e. The van der Waals surface area contributed by atoms with Gasteiger partial charge in [0.15, 0.2) is 6.10 Å². The molecule has 0 aromatic rings. The van der Waals surface area contributed by atoms with Gasteiger partial charge in [0.25, 0.3) is 11.8 Å². The number of fused-ring (bicyclic) bond motifs is 2. The molecule has 0 aromatic carbocycles. The number of allylic oxidation sites excluding steroid dienone is 1. The van der Waals surface area contributed by atoms with Crippen LogP contribution in [0.15, 0.2) is 12.2 Å². The molecule has 4 atom stereocenters. The Balaban J connectivity index is 1.56. The summed E-state index contributed by atoms with van der Waals surface area (Å²) in [4.78, 5) is 52.7. The zero-order chi connectivity index (χ0) is 25.9. The predicted molar refractivity (Wildman–Crippen MR) is 128 cm³/mol. The van der Waals surface area contributed by atoms with E-state index in [1.165, 1.54) is 9.21 Å². The molecular weight excluding hydrogens is 490 g/mol. The standard InChI is InChI=1S/C23H35N5O7S/c24-22(32)35-18-11-5-3-1-2-4-9-16-15-23(16,21(31)26-36(33,34)27-12-6-7-13-27)25-19(29)17-10-8-14-28(17)20(18)30/h4,9,16-18H,1-3,5-8,10-15H2,(H2,24,32)(H,25,29)(H,26,31). The lowest BCUT2D eigenvalue weighted by atomic mass is 10.1. The second-order valence-corrected chi connectivity index (χ2v) is 11.7. The van der Waals surface area contributed by atoms with Gasteiger partial charge in [0, 0.05) is 25.6 Å². The molecule has 4 aliphatic rings. The summed E-state index contributed by atoms with van der Waals surface area (Å²) in [5.41, 5.74) is 3.78. The highest BCUT2D eigenvalue weighted by molar-refractivity contribution is 7.87. The van der Waals surface area contributed by atoms with Crippen LogP contribution in [0.5, 0.6) is 0 Å². The molecule has 4 N–H and O–H groups in total. The molecule has 1 aliphatic carbocycles. The summed E-state index contributed by atoms with van der Waals surface area (Å²) in [6.45, 7) is 0.999. The number of hydrogen-bond donors (Lipinski definition) is 3. The predicted octanol–water partition coefficient (Wildman–Crippen LogP) is 0.293. The Morgan fingerprint density at radius 1 is 1.06 bits per heavy atom. The quantitative estimate of drug-likeness (QED) is 0.443. The molecular formula is C23H35N5O7S. The fourth-order valence-electron chi connectivity index (χ4n) is 5.38. The number of nitrogens with zero attached hydrogens (tertiary/aromatic N) is 2. The third-order valence-electron chi connectivity index (χ3n) is 7.47. The van der Waals surface area contributed by atoms with E-state index < -0.39 is 51.7 Å². The SMILES string of the molecule is NC(=O)OC1CCCCCC=CC2CC2(C(=O)NS(=O)(=O)N2CCCC2)NC(=O)C2CCCN2C1=O. The van der Waals surface area contributed by atoms with Crippen LogP contribution in [-0.2, 0) is 29.3 Å². The van der Waals surface area contributed by atoms with Gasteiger partial charge in [-0.25, -0.2) is 9.52 Å². The number of amides is 4. The maximum atomic E-state index is 13.4. The number of nitrogens with one attached hydrogen (secondary N) is 2. The Kier molecular flexibility index (Phi) is 7.88. The van der Waals surface area contributed by atoms with Gasteiger partial charge in [-0.2, -0.15) is 12.7 Å². The first kappa shape index (κ1) is 26.4. The molecule has 36 heavy (non-hydrogen) atoms. The van der Waals surface area contributed by atoms with Crippen molar-refractivity contribution < 1.29 is 32.3 Å². The highest BCUT2D eigenvalue weighted by atomic mass is 32.2. The van der Waals surface area contributed by atoms with Gasteiger partial charge in [-0.3, -0.25) is 14.4 Å². The summed E-state index contributed by atoms with van der Waals surface area (Å²) in [5, 5.41) is 2.79. The number of hydrogen-bond acceptors (Lipinski definition) is 7. The fourth-order valence-corrected chi connectivity index (χ4v) is 6.66. The lowest BCUT2D eigenvalue weighted by Gasteiger charge is -2.29. The molecule has 3 aliphatic heterocycles. The third kappa shape index (κ3) is 5.66. The second kappa shape index (κ2) is 10.8. The second-order valence-electron chi connectivity index (χ2n) is 9.99. The van der Waals surface area contributed by atoms with Crippen molar-refractivity contribution in [3.05, 3.63) is 12.2 Å². The first-order valence-corrected chi connectivity index (χ1v) is 14.2. The number of rotatable bonds is 4. The Morgan fingerprint density at radius 3 is 2.53 bits per heavy atom. The monoisotopic (exact) mass is 525 g/mol. The third-order valence-corrected chi connectivity index (χ3v) is 8.96. The van der Waals surface area contributed by atoms with Gasteiger partial charge in [-0.15, -0.1) is 0 Å². The zero-order valence-corrected chi connectivity index (χ0v) is 21.1. The van der Waals surface area contributed by atoms with Crippen molar-refractivity contribution in [3.63, 3.8) is 0 Å². The number of carbonyl (C=O) groups is 4. The van der Waals surface area contributed by atoms with Gasteiger partial charge in [0.2, 0.25) is 5.91 Å². The average molecular weight is 526 g/mol. The number of carbonyl (C=O) groups excluding carboxylic acids is 4. The van der Waals surface area contributed by atoms with E-state index in [1.807, 2.05) is 12.2 Å². The Bertz CT molecular complexity index is 1030. The summed E-state index contributed by atoms with van der Waals surface area (Å²) in [7, 11) is -4.01. The Morgan fingerprint density at radius 2 is 1.81 bits per heavy atom. The molecule has 0 radical (unpaired) electrons. The highest BCUT2D eigenvalue weighted by Crippen LogP contribution is 2.45. The van der Waals surface area contributed by atoms with Crippen LogP contribution >= 0.6 is 0 Å². The maximum absolute atomic E-state index is 13.4. The van der Waals surface area contributed by atoms with Crippen molar-refractivity contribution >= 4 is 34.0 Å². The fraction of sp³-hybridized carbons (Fsp3) is 0.739. The van der Waals surface area contributed by atoms with Crippen LogP contribution in [0.3, 0.4) is 0 Å². The molecule has 0 bridgehead atoms. The van der Waals surface area contributed by atoms with E-state index in [9.17, 15) is 27.6 Å². The molecule has 3 fully saturated rings. The van der Waals surface area contributed by atoms with Crippen molar-refractivity contribution in [1.29, 1.82) is 0 Å². The molecule has 13 heteroatoms. The van der Waals surface area contributed by atoms with Crippen molar-refractivity contribution in [1.82, 2.24) is 19.2 Å². The number of nitrogens with two attached hydrogens (primary N) is 1. The first-order valence-electron chi connectivity index (χ1n) is 12.7. The summed E-state index contributed by atoms with van der Waals surface area (Å²) in [6, 6.07) is -0.855. The van der Waals surface area contributed by atoms with Crippen LogP contribution < -0.4 is 15.8 Å². The largest absolute Gasteiger partial charge is 0.436 e. The van der Waals surface area contributed by atoms with Crippen LogP contribution in [-0.4, -0.2) is 78.8 Å². The molecule has 4 unspecified atom stereocenters. The van der Waals surface area contributed by atoms with Crippen molar-refractivity contribution in [2.45, 2.75) is 81.9 Å². The van der Waals surface area contributed by atoms with Crippen LogP contribution in [0, 0.1) is 5.92 Å². The van der Waals surface area contributed by atoms with E-state index in [-0.39, 0.29) is 12.3 Å². The molecule has 1 saturated carbocycles. The van der Waals surface area contributed by atoms with Crippen LogP contribution in [0.1, 0.15) is 64.2 Å². The van der Waals surface area contributed by atoms with E-state index in [2.05, 4.69) is 10.0 Å². The normalized spacial score (nSPS) is 32.0. The van der Waals surface area contributed by atoms with E-state index >= 15 is 0 Å². The van der Waals surface area contributed by atoms with Crippen LogP contribution in [0.4, 0.5) is 4.79 Å². The summed E-state index contributed by atoms with van der Waals surface area (Å²) in [5.74, 6) is -2.13. The topological polar surface area (TPSA) is 168 Å².